The monoisotopic (exact) mass is 265 g/mol. The molecule has 2 fully saturated rings. The SMILES string of the molecule is O=C1CN(Cc2cncs2)C(=O)C2(CCCC2)N1. The number of rotatable bonds is 2. The predicted molar refractivity (Wildman–Crippen MR) is 66.9 cm³/mol. The lowest BCUT2D eigenvalue weighted by atomic mass is 9.93. The second-order valence-corrected chi connectivity index (χ2v) is 5.94. The summed E-state index contributed by atoms with van der Waals surface area (Å²) < 4.78 is 0. The molecule has 3 rings (SSSR count). The lowest BCUT2D eigenvalue weighted by Gasteiger charge is -2.39. The average Bonchev–Trinajstić information content (AvgIpc) is 2.97. The maximum atomic E-state index is 12.5. The Kier molecular flexibility index (Phi) is 2.81. The fourth-order valence-electron chi connectivity index (χ4n) is 2.86. The van der Waals surface area contributed by atoms with Crippen molar-refractivity contribution < 1.29 is 9.59 Å². The van der Waals surface area contributed by atoms with Crippen LogP contribution in [0.15, 0.2) is 11.7 Å². The Hall–Kier alpha value is -1.43. The smallest absolute Gasteiger partial charge is 0.249 e. The Morgan fingerprint density at radius 1 is 1.39 bits per heavy atom. The van der Waals surface area contributed by atoms with Crippen LogP contribution in [0.2, 0.25) is 0 Å². The Bertz CT molecular complexity index is 466. The summed E-state index contributed by atoms with van der Waals surface area (Å²) in [5, 5.41) is 2.91. The van der Waals surface area contributed by atoms with Crippen LogP contribution in [0.3, 0.4) is 0 Å². The standard InChI is InChI=1S/C12H15N3O2S/c16-10-7-15(6-9-5-13-8-18-9)11(17)12(14-10)3-1-2-4-12/h5,8H,1-4,6-7H2,(H,14,16). The molecular weight excluding hydrogens is 250 g/mol. The maximum absolute atomic E-state index is 12.5. The van der Waals surface area contributed by atoms with Gasteiger partial charge < -0.3 is 10.2 Å². The summed E-state index contributed by atoms with van der Waals surface area (Å²) in [7, 11) is 0. The van der Waals surface area contributed by atoms with Crippen LogP contribution >= 0.6 is 11.3 Å². The zero-order valence-corrected chi connectivity index (χ0v) is 10.8. The van der Waals surface area contributed by atoms with Gasteiger partial charge in [0, 0.05) is 11.1 Å². The third-order valence-corrected chi connectivity index (χ3v) is 4.46. The first kappa shape index (κ1) is 11.6. The molecule has 1 saturated carbocycles. The van der Waals surface area contributed by atoms with Gasteiger partial charge in [0.25, 0.3) is 0 Å². The molecule has 0 atom stereocenters. The van der Waals surface area contributed by atoms with E-state index in [-0.39, 0.29) is 18.4 Å². The highest BCUT2D eigenvalue weighted by molar-refractivity contribution is 7.09. The minimum atomic E-state index is -0.611. The second kappa shape index (κ2) is 4.35. The van der Waals surface area contributed by atoms with E-state index in [1.54, 1.807) is 16.6 Å². The molecule has 1 aliphatic carbocycles. The van der Waals surface area contributed by atoms with Crippen molar-refractivity contribution in [2.45, 2.75) is 37.8 Å². The summed E-state index contributed by atoms with van der Waals surface area (Å²) in [5.74, 6) is 0.0361. The van der Waals surface area contributed by atoms with Gasteiger partial charge in [0.2, 0.25) is 11.8 Å². The van der Waals surface area contributed by atoms with Crippen LogP contribution < -0.4 is 5.32 Å². The number of nitrogens with zero attached hydrogens (tertiary/aromatic N) is 2. The minimum absolute atomic E-state index is 0.0407. The van der Waals surface area contributed by atoms with E-state index in [4.69, 9.17) is 0 Å². The number of carbonyl (C=O) groups excluding carboxylic acids is 2. The molecule has 1 aromatic heterocycles. The molecule has 2 heterocycles. The number of amides is 2. The first-order chi connectivity index (χ1) is 8.70. The van der Waals surface area contributed by atoms with E-state index in [0.717, 1.165) is 30.6 Å². The van der Waals surface area contributed by atoms with E-state index >= 15 is 0 Å². The second-order valence-electron chi connectivity index (χ2n) is 4.97. The zero-order chi connectivity index (χ0) is 12.6. The molecule has 5 nitrogen and oxygen atoms in total. The molecule has 1 saturated heterocycles. The third-order valence-electron chi connectivity index (χ3n) is 3.70. The lowest BCUT2D eigenvalue weighted by Crippen LogP contribution is -2.65. The van der Waals surface area contributed by atoms with Gasteiger partial charge in [-0.05, 0) is 12.8 Å². The number of nitrogens with one attached hydrogen (secondary N) is 1. The van der Waals surface area contributed by atoms with Crippen molar-refractivity contribution in [3.05, 3.63) is 16.6 Å². The number of thiazole rings is 1. The lowest BCUT2D eigenvalue weighted by molar-refractivity contribution is -0.150. The van der Waals surface area contributed by atoms with E-state index in [1.807, 2.05) is 0 Å². The summed E-state index contributed by atoms with van der Waals surface area (Å²) in [5.41, 5.74) is 1.13. The van der Waals surface area contributed by atoms with Crippen molar-refractivity contribution in [3.63, 3.8) is 0 Å². The van der Waals surface area contributed by atoms with Gasteiger partial charge in [-0.15, -0.1) is 11.3 Å². The van der Waals surface area contributed by atoms with Crippen LogP contribution in [0.4, 0.5) is 0 Å². The van der Waals surface area contributed by atoms with Crippen LogP contribution in [0, 0.1) is 0 Å². The third kappa shape index (κ3) is 1.90. The quantitative estimate of drug-likeness (QED) is 0.864. The van der Waals surface area contributed by atoms with Crippen LogP contribution in [-0.2, 0) is 16.1 Å². The molecule has 1 spiro atoms. The van der Waals surface area contributed by atoms with Gasteiger partial charge in [-0.2, -0.15) is 0 Å². The fraction of sp³-hybridized carbons (Fsp3) is 0.583. The largest absolute Gasteiger partial charge is 0.340 e. The highest BCUT2D eigenvalue weighted by atomic mass is 32.1. The topological polar surface area (TPSA) is 62.3 Å². The van der Waals surface area contributed by atoms with Gasteiger partial charge in [-0.25, -0.2) is 0 Å². The fourth-order valence-corrected chi connectivity index (χ4v) is 3.47. The zero-order valence-electron chi connectivity index (χ0n) is 10.0. The molecular formula is C12H15N3O2S. The van der Waals surface area contributed by atoms with Gasteiger partial charge in [0.05, 0.1) is 12.1 Å². The number of hydrogen-bond acceptors (Lipinski definition) is 4. The summed E-state index contributed by atoms with van der Waals surface area (Å²) in [6, 6.07) is 0. The van der Waals surface area contributed by atoms with Crippen molar-refractivity contribution in [3.8, 4) is 0 Å². The van der Waals surface area contributed by atoms with Crippen LogP contribution in [0.25, 0.3) is 0 Å². The molecule has 0 unspecified atom stereocenters. The molecule has 6 heteroatoms. The van der Waals surface area contributed by atoms with E-state index in [1.165, 1.54) is 11.3 Å². The Morgan fingerprint density at radius 3 is 2.83 bits per heavy atom. The van der Waals surface area contributed by atoms with Crippen LogP contribution in [0.5, 0.6) is 0 Å². The summed E-state index contributed by atoms with van der Waals surface area (Å²) in [4.78, 5) is 31.0. The summed E-state index contributed by atoms with van der Waals surface area (Å²) in [6.45, 7) is 0.664. The molecule has 2 aliphatic rings. The molecule has 0 bridgehead atoms. The minimum Gasteiger partial charge on any atom is -0.340 e. The summed E-state index contributed by atoms with van der Waals surface area (Å²) in [6.07, 6.45) is 5.33. The van der Waals surface area contributed by atoms with Crippen molar-refractivity contribution in [1.82, 2.24) is 15.2 Å². The molecule has 1 N–H and O–H groups in total. The summed E-state index contributed by atoms with van der Waals surface area (Å²) >= 11 is 1.51. The number of aromatic nitrogens is 1. The number of carbonyl (C=O) groups is 2. The van der Waals surface area contributed by atoms with Crippen molar-refractivity contribution in [1.29, 1.82) is 0 Å². The molecule has 18 heavy (non-hydrogen) atoms. The molecule has 1 aromatic rings. The van der Waals surface area contributed by atoms with Crippen LogP contribution in [0.1, 0.15) is 30.6 Å². The van der Waals surface area contributed by atoms with Gasteiger partial charge in [0.1, 0.15) is 12.1 Å². The Morgan fingerprint density at radius 2 is 2.17 bits per heavy atom. The molecule has 0 radical (unpaired) electrons. The van der Waals surface area contributed by atoms with Gasteiger partial charge in [0.15, 0.2) is 0 Å². The highest BCUT2D eigenvalue weighted by Crippen LogP contribution is 2.33. The van der Waals surface area contributed by atoms with E-state index in [9.17, 15) is 9.59 Å². The van der Waals surface area contributed by atoms with Gasteiger partial charge in [-0.3, -0.25) is 14.6 Å². The van der Waals surface area contributed by atoms with Gasteiger partial charge in [-0.1, -0.05) is 12.8 Å². The van der Waals surface area contributed by atoms with Crippen molar-refractivity contribution >= 4 is 23.2 Å². The average molecular weight is 265 g/mol. The Labute approximate surface area is 109 Å². The normalized spacial score (nSPS) is 22.6. The highest BCUT2D eigenvalue weighted by Gasteiger charge is 2.48. The van der Waals surface area contributed by atoms with Crippen LogP contribution in [-0.4, -0.2) is 33.8 Å². The maximum Gasteiger partial charge on any atom is 0.249 e. The number of hydrogen-bond donors (Lipinski definition) is 1. The van der Waals surface area contributed by atoms with E-state index in [0.29, 0.717) is 6.54 Å². The molecule has 96 valence electrons. The van der Waals surface area contributed by atoms with E-state index in [2.05, 4.69) is 10.3 Å². The first-order valence-electron chi connectivity index (χ1n) is 6.17. The first-order valence-corrected chi connectivity index (χ1v) is 7.05. The van der Waals surface area contributed by atoms with Crippen molar-refractivity contribution in [2.24, 2.45) is 0 Å². The predicted octanol–water partition coefficient (Wildman–Crippen LogP) is 0.914. The Balaban J connectivity index is 1.81. The number of piperazine rings is 1. The molecule has 1 aliphatic heterocycles. The van der Waals surface area contributed by atoms with Gasteiger partial charge >= 0.3 is 0 Å². The molecule has 0 aromatic carbocycles. The molecule has 2 amide bonds. The van der Waals surface area contributed by atoms with E-state index < -0.39 is 5.54 Å². The van der Waals surface area contributed by atoms with Crippen molar-refractivity contribution in [2.75, 3.05) is 6.54 Å².